The molecule has 1 saturated carbocycles. The number of amides is 1. The number of para-hydroxylation sites is 2. The molecule has 0 radical (unpaired) electrons. The van der Waals surface area contributed by atoms with Gasteiger partial charge in [0.05, 0.1) is 33.7 Å². The fourth-order valence-electron chi connectivity index (χ4n) is 5.78. The molecule has 4 aromatic carbocycles. The van der Waals surface area contributed by atoms with Crippen molar-refractivity contribution in [3.8, 4) is 33.6 Å². The van der Waals surface area contributed by atoms with Crippen molar-refractivity contribution in [3.63, 3.8) is 0 Å². The number of fused-ring (bicyclic) bond motifs is 2. The van der Waals surface area contributed by atoms with Gasteiger partial charge in [-0.3, -0.25) is 9.78 Å². The molecule has 8 heteroatoms. The van der Waals surface area contributed by atoms with E-state index in [9.17, 15) is 13.2 Å². The van der Waals surface area contributed by atoms with Gasteiger partial charge in [0, 0.05) is 46.1 Å². The van der Waals surface area contributed by atoms with Crippen LogP contribution in [0.2, 0.25) is 0 Å². The molecule has 7 rings (SSSR count). The fraction of sp³-hybridized carbons (Fsp3) is 0.189. The number of aromatic nitrogens is 3. The molecule has 7 nitrogen and oxygen atoms in total. The summed E-state index contributed by atoms with van der Waals surface area (Å²) in [4.78, 5) is 27.5. The molecule has 2 heterocycles. The lowest BCUT2D eigenvalue weighted by atomic mass is 9.92. The molecule has 0 bridgehead atoms. The standard InChI is InChI=1S/C37H32N4O3S/c1-23(22-45(2,43)44)29-20-27-9-6-18-38-34(27)31(21-29)26-7-5-8-28(19-26)36-35(40-32-10-3-4-11-33(32)41-36)24-12-14-25(15-13-24)37(42)39-30-16-17-30/h3-15,18-21,23,30H,16-17,22H2,1-2H3,(H,39,42). The smallest absolute Gasteiger partial charge is 0.251 e. The minimum absolute atomic E-state index is 0.0597. The molecule has 1 atom stereocenters. The van der Waals surface area contributed by atoms with Crippen LogP contribution in [-0.2, 0) is 9.84 Å². The lowest BCUT2D eigenvalue weighted by molar-refractivity contribution is 0.0951. The first-order chi connectivity index (χ1) is 21.7. The molecular formula is C37H32N4O3S. The van der Waals surface area contributed by atoms with Gasteiger partial charge in [0.2, 0.25) is 0 Å². The van der Waals surface area contributed by atoms with E-state index in [0.717, 1.165) is 74.0 Å². The Morgan fingerprint density at radius 3 is 2.20 bits per heavy atom. The van der Waals surface area contributed by atoms with Crippen molar-refractivity contribution in [2.75, 3.05) is 12.0 Å². The maximum absolute atomic E-state index is 12.6. The minimum Gasteiger partial charge on any atom is -0.349 e. The summed E-state index contributed by atoms with van der Waals surface area (Å²) in [7, 11) is -3.16. The number of nitrogens with zero attached hydrogens (tertiary/aromatic N) is 3. The first-order valence-corrected chi connectivity index (χ1v) is 17.1. The quantitative estimate of drug-likeness (QED) is 0.195. The Labute approximate surface area is 262 Å². The average Bonchev–Trinajstić information content (AvgIpc) is 3.87. The zero-order chi connectivity index (χ0) is 31.1. The highest BCUT2D eigenvalue weighted by molar-refractivity contribution is 7.90. The first kappa shape index (κ1) is 28.8. The minimum atomic E-state index is -3.16. The molecule has 2 aromatic heterocycles. The zero-order valence-corrected chi connectivity index (χ0v) is 25.9. The normalized spacial score (nSPS) is 14.0. The number of pyridine rings is 1. The second-order valence-corrected chi connectivity index (χ2v) is 14.1. The van der Waals surface area contributed by atoms with Gasteiger partial charge in [0.1, 0.15) is 9.84 Å². The second kappa shape index (κ2) is 11.5. The summed E-state index contributed by atoms with van der Waals surface area (Å²) in [6.07, 6.45) is 5.12. The first-order valence-electron chi connectivity index (χ1n) is 15.1. The van der Waals surface area contributed by atoms with Crippen LogP contribution in [0.5, 0.6) is 0 Å². The van der Waals surface area contributed by atoms with Crippen molar-refractivity contribution < 1.29 is 13.2 Å². The van der Waals surface area contributed by atoms with Crippen molar-refractivity contribution in [2.45, 2.75) is 31.7 Å². The van der Waals surface area contributed by atoms with E-state index in [1.165, 1.54) is 6.26 Å². The van der Waals surface area contributed by atoms with Gasteiger partial charge in [-0.15, -0.1) is 0 Å². The average molecular weight is 613 g/mol. The number of nitrogens with one attached hydrogen (secondary N) is 1. The topological polar surface area (TPSA) is 102 Å². The highest BCUT2D eigenvalue weighted by Gasteiger charge is 2.24. The van der Waals surface area contributed by atoms with Crippen LogP contribution < -0.4 is 5.32 Å². The van der Waals surface area contributed by atoms with E-state index in [2.05, 4.69) is 17.4 Å². The van der Waals surface area contributed by atoms with Crippen LogP contribution in [0.3, 0.4) is 0 Å². The summed E-state index contributed by atoms with van der Waals surface area (Å²) in [6, 6.07) is 31.8. The SMILES string of the molecule is CC(CS(C)(=O)=O)c1cc(-c2cccc(-c3nc4ccccc4nc3-c3ccc(C(=O)NC4CC4)cc3)c2)c2ncccc2c1. The van der Waals surface area contributed by atoms with Gasteiger partial charge in [-0.2, -0.15) is 0 Å². The fourth-order valence-corrected chi connectivity index (χ4v) is 6.88. The molecule has 0 spiro atoms. The van der Waals surface area contributed by atoms with Gasteiger partial charge < -0.3 is 5.32 Å². The van der Waals surface area contributed by atoms with Crippen molar-refractivity contribution >= 4 is 37.7 Å². The van der Waals surface area contributed by atoms with Gasteiger partial charge in [0.15, 0.2) is 0 Å². The molecule has 0 saturated heterocycles. The van der Waals surface area contributed by atoms with Crippen molar-refractivity contribution in [1.82, 2.24) is 20.3 Å². The Kier molecular flexibility index (Phi) is 7.37. The molecule has 1 amide bonds. The Morgan fingerprint density at radius 1 is 0.822 bits per heavy atom. The molecule has 1 unspecified atom stereocenters. The van der Waals surface area contributed by atoms with Gasteiger partial charge in [-0.25, -0.2) is 18.4 Å². The van der Waals surface area contributed by atoms with Crippen LogP contribution in [0.1, 0.15) is 41.6 Å². The van der Waals surface area contributed by atoms with Crippen molar-refractivity contribution in [3.05, 3.63) is 114 Å². The summed E-state index contributed by atoms with van der Waals surface area (Å²) in [6.45, 7) is 1.94. The summed E-state index contributed by atoms with van der Waals surface area (Å²) >= 11 is 0. The maximum atomic E-state index is 12.6. The predicted octanol–water partition coefficient (Wildman–Crippen LogP) is 7.22. The lowest BCUT2D eigenvalue weighted by Gasteiger charge is -2.16. The molecule has 45 heavy (non-hydrogen) atoms. The number of carbonyl (C=O) groups excluding carboxylic acids is 1. The van der Waals surface area contributed by atoms with E-state index in [0.29, 0.717) is 11.6 Å². The summed E-state index contributed by atoms with van der Waals surface area (Å²) in [5.41, 5.74) is 9.03. The van der Waals surface area contributed by atoms with Crippen LogP contribution in [-0.4, -0.2) is 47.3 Å². The molecule has 1 aliphatic carbocycles. The van der Waals surface area contributed by atoms with E-state index in [-0.39, 0.29) is 17.6 Å². The van der Waals surface area contributed by atoms with Crippen LogP contribution in [0, 0.1) is 0 Å². The van der Waals surface area contributed by atoms with Gasteiger partial charge in [-0.1, -0.05) is 55.5 Å². The summed E-state index contributed by atoms with van der Waals surface area (Å²) in [5, 5.41) is 4.00. The Hall–Kier alpha value is -4.95. The largest absolute Gasteiger partial charge is 0.349 e. The third-order valence-electron chi connectivity index (χ3n) is 8.20. The number of benzene rings is 4. The maximum Gasteiger partial charge on any atom is 0.251 e. The predicted molar refractivity (Wildman–Crippen MR) is 180 cm³/mol. The molecule has 1 N–H and O–H groups in total. The molecule has 224 valence electrons. The Bertz CT molecular complexity index is 2190. The summed E-state index contributed by atoms with van der Waals surface area (Å²) < 4.78 is 24.3. The zero-order valence-electron chi connectivity index (χ0n) is 25.1. The molecule has 1 aliphatic rings. The number of rotatable bonds is 8. The van der Waals surface area contributed by atoms with E-state index in [1.807, 2.05) is 91.9 Å². The molecular weight excluding hydrogens is 580 g/mol. The lowest BCUT2D eigenvalue weighted by Crippen LogP contribution is -2.25. The third kappa shape index (κ3) is 6.19. The van der Waals surface area contributed by atoms with E-state index in [1.54, 1.807) is 6.20 Å². The van der Waals surface area contributed by atoms with Gasteiger partial charge >= 0.3 is 0 Å². The van der Waals surface area contributed by atoms with Crippen molar-refractivity contribution in [2.24, 2.45) is 0 Å². The Morgan fingerprint density at radius 2 is 1.51 bits per heavy atom. The highest BCUT2D eigenvalue weighted by Crippen LogP contribution is 2.36. The number of hydrogen-bond acceptors (Lipinski definition) is 6. The van der Waals surface area contributed by atoms with E-state index < -0.39 is 9.84 Å². The number of carbonyl (C=O) groups is 1. The van der Waals surface area contributed by atoms with E-state index in [4.69, 9.17) is 15.0 Å². The number of hydrogen-bond donors (Lipinski definition) is 1. The highest BCUT2D eigenvalue weighted by atomic mass is 32.2. The Balaban J connectivity index is 1.34. The summed E-state index contributed by atoms with van der Waals surface area (Å²) in [5.74, 6) is -0.177. The van der Waals surface area contributed by atoms with E-state index >= 15 is 0 Å². The molecule has 1 fully saturated rings. The monoisotopic (exact) mass is 612 g/mol. The molecule has 0 aliphatic heterocycles. The van der Waals surface area contributed by atoms with Crippen molar-refractivity contribution in [1.29, 1.82) is 0 Å². The van der Waals surface area contributed by atoms with Gasteiger partial charge in [-0.05, 0) is 78.4 Å². The molecule has 6 aromatic rings. The third-order valence-corrected chi connectivity index (χ3v) is 9.31. The van der Waals surface area contributed by atoms with Crippen LogP contribution in [0.15, 0.2) is 103 Å². The van der Waals surface area contributed by atoms with Gasteiger partial charge in [0.25, 0.3) is 5.91 Å². The second-order valence-electron chi connectivity index (χ2n) is 12.0. The number of sulfone groups is 1. The van der Waals surface area contributed by atoms with Crippen LogP contribution >= 0.6 is 0 Å². The van der Waals surface area contributed by atoms with Crippen LogP contribution in [0.25, 0.3) is 55.6 Å². The van der Waals surface area contributed by atoms with Crippen LogP contribution in [0.4, 0.5) is 0 Å².